The zero-order chi connectivity index (χ0) is 18.7. The van der Waals surface area contributed by atoms with Gasteiger partial charge in [0, 0.05) is 17.3 Å². The Balaban J connectivity index is 1.64. The van der Waals surface area contributed by atoms with Gasteiger partial charge in [0.25, 0.3) is 5.91 Å². The highest BCUT2D eigenvalue weighted by Crippen LogP contribution is 2.28. The maximum atomic E-state index is 13.6. The van der Waals surface area contributed by atoms with Crippen molar-refractivity contribution in [2.75, 3.05) is 5.32 Å². The van der Waals surface area contributed by atoms with Crippen LogP contribution in [0.25, 0.3) is 0 Å². The van der Waals surface area contributed by atoms with Crippen LogP contribution in [-0.4, -0.2) is 15.7 Å². The van der Waals surface area contributed by atoms with Crippen molar-refractivity contribution in [3.63, 3.8) is 0 Å². The van der Waals surface area contributed by atoms with Crippen LogP contribution in [0.15, 0.2) is 53.1 Å². The van der Waals surface area contributed by atoms with E-state index in [0.717, 1.165) is 12.1 Å². The molecule has 26 heavy (non-hydrogen) atoms. The number of hydrogen-bond donors (Lipinski definition) is 1. The largest absolute Gasteiger partial charge is 0.470 e. The number of anilines is 1. The second-order valence-electron chi connectivity index (χ2n) is 5.17. The number of aromatic nitrogens is 2. The summed E-state index contributed by atoms with van der Waals surface area (Å²) in [5, 5.41) is 6.96. The summed E-state index contributed by atoms with van der Waals surface area (Å²) >= 11 is 9.20. The normalized spacial score (nSPS) is 10.6. The summed E-state index contributed by atoms with van der Waals surface area (Å²) in [5.74, 6) is -1.66. The van der Waals surface area contributed by atoms with Gasteiger partial charge in [-0.2, -0.15) is 5.10 Å². The molecule has 0 saturated heterocycles. The van der Waals surface area contributed by atoms with Crippen molar-refractivity contribution in [2.45, 2.75) is 6.73 Å². The fourth-order valence-electron chi connectivity index (χ4n) is 2.06. The molecule has 0 radical (unpaired) electrons. The van der Waals surface area contributed by atoms with Crippen molar-refractivity contribution in [1.29, 1.82) is 0 Å². The van der Waals surface area contributed by atoms with Crippen LogP contribution in [0.1, 0.15) is 10.5 Å². The van der Waals surface area contributed by atoms with Crippen LogP contribution < -0.4 is 10.1 Å². The number of rotatable bonds is 5. The van der Waals surface area contributed by atoms with Crippen molar-refractivity contribution in [1.82, 2.24) is 9.78 Å². The molecule has 0 aliphatic rings. The minimum Gasteiger partial charge on any atom is -0.470 e. The summed E-state index contributed by atoms with van der Waals surface area (Å²) < 4.78 is 34.2. The summed E-state index contributed by atoms with van der Waals surface area (Å²) in [6, 6.07) is 9.40. The molecule has 2 aromatic carbocycles. The van der Waals surface area contributed by atoms with E-state index in [1.54, 1.807) is 24.4 Å². The Bertz CT molecular complexity index is 965. The highest BCUT2D eigenvalue weighted by atomic mass is 79.9. The summed E-state index contributed by atoms with van der Waals surface area (Å²) in [5.41, 5.74) is -0.0696. The van der Waals surface area contributed by atoms with Gasteiger partial charge in [0.15, 0.2) is 12.4 Å². The summed E-state index contributed by atoms with van der Waals surface area (Å²) in [7, 11) is 0. The molecule has 9 heteroatoms. The number of amides is 1. The Morgan fingerprint density at radius 2 is 2.04 bits per heavy atom. The number of hydrogen-bond acceptors (Lipinski definition) is 3. The van der Waals surface area contributed by atoms with E-state index in [1.807, 2.05) is 0 Å². The van der Waals surface area contributed by atoms with Crippen molar-refractivity contribution < 1.29 is 18.3 Å². The molecule has 3 rings (SSSR count). The second kappa shape index (κ2) is 7.84. The molecule has 0 aliphatic carbocycles. The lowest BCUT2D eigenvalue weighted by molar-refractivity contribution is 0.101. The maximum absolute atomic E-state index is 13.6. The zero-order valence-corrected chi connectivity index (χ0v) is 15.4. The van der Waals surface area contributed by atoms with E-state index in [0.29, 0.717) is 21.3 Å². The Kier molecular flexibility index (Phi) is 5.53. The number of nitrogens with zero attached hydrogens (tertiary/aromatic N) is 2. The van der Waals surface area contributed by atoms with E-state index >= 15 is 0 Å². The van der Waals surface area contributed by atoms with Crippen LogP contribution in [0.4, 0.5) is 14.5 Å². The van der Waals surface area contributed by atoms with Gasteiger partial charge in [-0.05, 0) is 52.3 Å². The van der Waals surface area contributed by atoms with E-state index < -0.39 is 17.5 Å². The predicted octanol–water partition coefficient (Wildman–Crippen LogP) is 4.87. The van der Waals surface area contributed by atoms with E-state index in [4.69, 9.17) is 16.3 Å². The van der Waals surface area contributed by atoms with Gasteiger partial charge in [0.05, 0.1) is 10.2 Å². The summed E-state index contributed by atoms with van der Waals surface area (Å²) in [6.45, 7) is 0.0540. The first-order valence-corrected chi connectivity index (χ1v) is 8.47. The molecule has 0 aliphatic heterocycles. The third-order valence-corrected chi connectivity index (χ3v) is 4.15. The smallest absolute Gasteiger partial charge is 0.276 e. The topological polar surface area (TPSA) is 56.2 Å². The van der Waals surface area contributed by atoms with Crippen LogP contribution in [0.3, 0.4) is 0 Å². The van der Waals surface area contributed by atoms with Crippen molar-refractivity contribution in [2.24, 2.45) is 0 Å². The molecule has 0 saturated carbocycles. The Labute approximate surface area is 160 Å². The standard InChI is InChI=1S/C17H11BrClF2N3O2/c18-12-7-10(19)1-4-16(12)26-9-24-6-5-15(23-24)17(25)22-14-3-2-11(20)8-13(14)21/h1-8H,9H2,(H,22,25). The maximum Gasteiger partial charge on any atom is 0.276 e. The fraction of sp³-hybridized carbons (Fsp3) is 0.0588. The summed E-state index contributed by atoms with van der Waals surface area (Å²) in [4.78, 5) is 12.1. The fourth-order valence-corrected chi connectivity index (χ4v) is 2.86. The predicted molar refractivity (Wildman–Crippen MR) is 96.3 cm³/mol. The van der Waals surface area contributed by atoms with Gasteiger partial charge in [0.1, 0.15) is 17.4 Å². The Morgan fingerprint density at radius 1 is 1.23 bits per heavy atom. The lowest BCUT2D eigenvalue weighted by Crippen LogP contribution is -2.15. The molecule has 134 valence electrons. The molecule has 5 nitrogen and oxygen atoms in total. The molecule has 0 spiro atoms. The highest BCUT2D eigenvalue weighted by molar-refractivity contribution is 9.10. The number of ether oxygens (including phenoxy) is 1. The van der Waals surface area contributed by atoms with Crippen LogP contribution in [0, 0.1) is 11.6 Å². The zero-order valence-electron chi connectivity index (χ0n) is 13.0. The first-order valence-electron chi connectivity index (χ1n) is 7.30. The van der Waals surface area contributed by atoms with Crippen LogP contribution in [0.2, 0.25) is 5.02 Å². The minimum atomic E-state index is -0.867. The van der Waals surface area contributed by atoms with Crippen molar-refractivity contribution >= 4 is 39.1 Å². The molecular formula is C17H11BrClF2N3O2. The highest BCUT2D eigenvalue weighted by Gasteiger charge is 2.13. The number of halogens is 4. The number of carbonyl (C=O) groups excluding carboxylic acids is 1. The lowest BCUT2D eigenvalue weighted by atomic mass is 10.3. The minimum absolute atomic E-state index is 0.0540. The van der Waals surface area contributed by atoms with Gasteiger partial charge < -0.3 is 10.1 Å². The van der Waals surface area contributed by atoms with Crippen LogP contribution in [-0.2, 0) is 6.73 Å². The Morgan fingerprint density at radius 3 is 2.77 bits per heavy atom. The van der Waals surface area contributed by atoms with Gasteiger partial charge in [-0.25, -0.2) is 13.5 Å². The van der Waals surface area contributed by atoms with Crippen LogP contribution in [0.5, 0.6) is 5.75 Å². The molecular weight excluding hydrogens is 432 g/mol. The molecule has 0 fully saturated rings. The average molecular weight is 443 g/mol. The average Bonchev–Trinajstić information content (AvgIpc) is 3.06. The SMILES string of the molecule is O=C(Nc1ccc(F)cc1F)c1ccn(COc2ccc(Cl)cc2Br)n1. The molecule has 1 N–H and O–H groups in total. The number of carbonyl (C=O) groups is 1. The molecule has 0 bridgehead atoms. The first-order chi connectivity index (χ1) is 12.4. The molecule has 3 aromatic rings. The monoisotopic (exact) mass is 441 g/mol. The van der Waals surface area contributed by atoms with E-state index in [9.17, 15) is 13.6 Å². The van der Waals surface area contributed by atoms with Crippen LogP contribution >= 0.6 is 27.5 Å². The molecule has 1 heterocycles. The van der Waals surface area contributed by atoms with E-state index in [1.165, 1.54) is 10.7 Å². The lowest BCUT2D eigenvalue weighted by Gasteiger charge is -2.08. The van der Waals surface area contributed by atoms with Gasteiger partial charge >= 0.3 is 0 Å². The van der Waals surface area contributed by atoms with Crippen molar-refractivity contribution in [3.8, 4) is 5.75 Å². The van der Waals surface area contributed by atoms with Gasteiger partial charge in [0.2, 0.25) is 0 Å². The summed E-state index contributed by atoms with van der Waals surface area (Å²) in [6.07, 6.45) is 1.54. The Hall–Kier alpha value is -2.45. The first kappa shape index (κ1) is 18.3. The molecule has 1 amide bonds. The quantitative estimate of drug-likeness (QED) is 0.614. The van der Waals surface area contributed by atoms with E-state index in [-0.39, 0.29) is 18.1 Å². The van der Waals surface area contributed by atoms with E-state index in [2.05, 4.69) is 26.3 Å². The third kappa shape index (κ3) is 4.39. The number of benzene rings is 2. The van der Waals surface area contributed by atoms with Gasteiger partial charge in [-0.3, -0.25) is 4.79 Å². The molecule has 0 unspecified atom stereocenters. The molecule has 0 atom stereocenters. The molecule has 1 aromatic heterocycles. The number of nitrogens with one attached hydrogen (secondary N) is 1. The second-order valence-corrected chi connectivity index (χ2v) is 6.46. The van der Waals surface area contributed by atoms with Gasteiger partial charge in [-0.15, -0.1) is 0 Å². The third-order valence-electron chi connectivity index (χ3n) is 3.30. The van der Waals surface area contributed by atoms with Crippen molar-refractivity contribution in [3.05, 3.63) is 75.5 Å². The van der Waals surface area contributed by atoms with Gasteiger partial charge in [-0.1, -0.05) is 11.6 Å².